The summed E-state index contributed by atoms with van der Waals surface area (Å²) in [5.74, 6) is 0.0451. The molecule has 0 radical (unpaired) electrons. The van der Waals surface area contributed by atoms with Gasteiger partial charge in [-0.3, -0.25) is 14.7 Å². The first kappa shape index (κ1) is 18.9. The fourth-order valence-corrected chi connectivity index (χ4v) is 3.19. The molecule has 3 nitrogen and oxygen atoms in total. The van der Waals surface area contributed by atoms with Gasteiger partial charge in [0.1, 0.15) is 5.79 Å². The zero-order valence-corrected chi connectivity index (χ0v) is 14.5. The highest BCUT2D eigenvalue weighted by Crippen LogP contribution is 2.25. The summed E-state index contributed by atoms with van der Waals surface area (Å²) in [4.78, 5) is 7.01. The fraction of sp³-hybridized carbons (Fsp3) is 1.00. The number of unbranched alkanes of at least 4 members (excludes halogenated alkanes) is 6. The van der Waals surface area contributed by atoms with Crippen molar-refractivity contribution >= 4 is 0 Å². The average molecular weight is 271 g/mol. The van der Waals surface area contributed by atoms with E-state index in [1.807, 2.05) is 0 Å². The summed E-state index contributed by atoms with van der Waals surface area (Å²) in [7, 11) is 13.1. The quantitative estimate of drug-likeness (QED) is 0.421. The highest BCUT2D eigenvalue weighted by molar-refractivity contribution is 4.82. The summed E-state index contributed by atoms with van der Waals surface area (Å²) in [6, 6.07) is 0. The maximum Gasteiger partial charge on any atom is 0.129 e. The van der Waals surface area contributed by atoms with Crippen LogP contribution in [-0.2, 0) is 0 Å². The zero-order chi connectivity index (χ0) is 14.9. The van der Waals surface area contributed by atoms with E-state index in [0.29, 0.717) is 0 Å². The third kappa shape index (κ3) is 5.80. The molecule has 0 unspecified atom stereocenters. The second-order valence-electron chi connectivity index (χ2n) is 6.33. The molecule has 0 rings (SSSR count). The van der Waals surface area contributed by atoms with Gasteiger partial charge in [0.25, 0.3) is 0 Å². The Bertz CT molecular complexity index is 190. The van der Waals surface area contributed by atoms with Gasteiger partial charge < -0.3 is 0 Å². The molecule has 0 heterocycles. The van der Waals surface area contributed by atoms with Gasteiger partial charge in [0.2, 0.25) is 0 Å². The Labute approximate surface area is 121 Å². The van der Waals surface area contributed by atoms with Crippen molar-refractivity contribution in [1.29, 1.82) is 0 Å². The topological polar surface area (TPSA) is 9.72 Å². The van der Waals surface area contributed by atoms with Crippen LogP contribution in [0.15, 0.2) is 0 Å². The molecular weight excluding hydrogens is 234 g/mol. The predicted molar refractivity (Wildman–Crippen MR) is 86.4 cm³/mol. The molecule has 0 spiro atoms. The van der Waals surface area contributed by atoms with Crippen LogP contribution in [0.25, 0.3) is 0 Å². The molecule has 0 aliphatic rings. The van der Waals surface area contributed by atoms with Crippen LogP contribution in [0.1, 0.15) is 58.3 Å². The Morgan fingerprint density at radius 2 is 0.947 bits per heavy atom. The van der Waals surface area contributed by atoms with Gasteiger partial charge in [0.05, 0.1) is 0 Å². The summed E-state index contributed by atoms with van der Waals surface area (Å²) in [6.07, 6.45) is 10.8. The summed E-state index contributed by atoms with van der Waals surface area (Å²) in [6.45, 7) is 2.28. The Kier molecular flexibility index (Phi) is 9.67. The molecule has 0 aliphatic carbocycles. The molecular formula is C16H37N3. The van der Waals surface area contributed by atoms with Crippen LogP contribution in [0.2, 0.25) is 0 Å². The first-order valence-electron chi connectivity index (χ1n) is 7.91. The van der Waals surface area contributed by atoms with E-state index in [9.17, 15) is 0 Å². The number of rotatable bonds is 11. The fourth-order valence-electron chi connectivity index (χ4n) is 3.19. The highest BCUT2D eigenvalue weighted by atomic mass is 15.5. The first-order valence-corrected chi connectivity index (χ1v) is 7.91. The first-order chi connectivity index (χ1) is 8.89. The summed E-state index contributed by atoms with van der Waals surface area (Å²) in [5, 5.41) is 0. The van der Waals surface area contributed by atoms with Crippen molar-refractivity contribution in [2.45, 2.75) is 64.1 Å². The van der Waals surface area contributed by atoms with Gasteiger partial charge in [-0.05, 0) is 55.1 Å². The van der Waals surface area contributed by atoms with Crippen molar-refractivity contribution < 1.29 is 0 Å². The van der Waals surface area contributed by atoms with Crippen molar-refractivity contribution in [1.82, 2.24) is 14.7 Å². The van der Waals surface area contributed by atoms with Crippen LogP contribution in [0.5, 0.6) is 0 Å². The highest BCUT2D eigenvalue weighted by Gasteiger charge is 2.36. The average Bonchev–Trinajstić information content (AvgIpc) is 2.31. The van der Waals surface area contributed by atoms with Gasteiger partial charge in [-0.2, -0.15) is 0 Å². The van der Waals surface area contributed by atoms with E-state index in [4.69, 9.17) is 0 Å². The monoisotopic (exact) mass is 271 g/mol. The van der Waals surface area contributed by atoms with E-state index in [2.05, 4.69) is 63.9 Å². The molecule has 0 fully saturated rings. The summed E-state index contributed by atoms with van der Waals surface area (Å²) < 4.78 is 0. The Hall–Kier alpha value is -0.120. The van der Waals surface area contributed by atoms with Crippen molar-refractivity contribution in [2.75, 3.05) is 42.3 Å². The molecule has 0 aromatic rings. The van der Waals surface area contributed by atoms with Crippen LogP contribution < -0.4 is 0 Å². The van der Waals surface area contributed by atoms with Crippen LogP contribution in [0.4, 0.5) is 0 Å². The lowest BCUT2D eigenvalue weighted by Gasteiger charge is -2.50. The minimum Gasteiger partial charge on any atom is -0.279 e. The van der Waals surface area contributed by atoms with Crippen LogP contribution in [0, 0.1) is 0 Å². The Balaban J connectivity index is 4.14. The Morgan fingerprint density at radius 3 is 1.32 bits per heavy atom. The van der Waals surface area contributed by atoms with E-state index in [0.717, 1.165) is 0 Å². The maximum absolute atomic E-state index is 2.34. The molecule has 0 atom stereocenters. The van der Waals surface area contributed by atoms with E-state index in [-0.39, 0.29) is 5.79 Å². The van der Waals surface area contributed by atoms with Crippen molar-refractivity contribution in [3.8, 4) is 0 Å². The molecule has 0 aromatic heterocycles. The molecule has 3 heteroatoms. The third-order valence-electron chi connectivity index (χ3n) is 4.26. The van der Waals surface area contributed by atoms with E-state index in [1.54, 1.807) is 0 Å². The van der Waals surface area contributed by atoms with Gasteiger partial charge in [-0.1, -0.05) is 45.4 Å². The molecule has 116 valence electrons. The summed E-state index contributed by atoms with van der Waals surface area (Å²) >= 11 is 0. The zero-order valence-electron chi connectivity index (χ0n) is 14.5. The molecule has 0 aliphatic heterocycles. The molecule has 0 amide bonds. The lowest BCUT2D eigenvalue weighted by molar-refractivity contribution is -0.115. The smallest absolute Gasteiger partial charge is 0.129 e. The molecule has 0 saturated carbocycles. The standard InChI is InChI=1S/C16H37N3/c1-8-9-10-11-12-13-14-15-16(17(2)3,18(4)5)19(6)7/h8-15H2,1-7H3. The molecule has 19 heavy (non-hydrogen) atoms. The second kappa shape index (κ2) is 9.73. The number of nitrogens with zero attached hydrogens (tertiary/aromatic N) is 3. The van der Waals surface area contributed by atoms with Gasteiger partial charge in [0.15, 0.2) is 0 Å². The molecule has 0 aromatic carbocycles. The lowest BCUT2D eigenvalue weighted by atomic mass is 10.0. The van der Waals surface area contributed by atoms with Gasteiger partial charge in [0, 0.05) is 0 Å². The molecule has 0 saturated heterocycles. The summed E-state index contributed by atoms with van der Waals surface area (Å²) in [5.41, 5.74) is 0. The minimum atomic E-state index is 0.0451. The predicted octanol–water partition coefficient (Wildman–Crippen LogP) is 3.47. The number of hydrogen-bond acceptors (Lipinski definition) is 3. The van der Waals surface area contributed by atoms with Crippen molar-refractivity contribution in [3.63, 3.8) is 0 Å². The van der Waals surface area contributed by atoms with Crippen LogP contribution in [0.3, 0.4) is 0 Å². The van der Waals surface area contributed by atoms with Crippen LogP contribution >= 0.6 is 0 Å². The van der Waals surface area contributed by atoms with E-state index in [1.165, 1.54) is 51.4 Å². The Morgan fingerprint density at radius 1 is 0.579 bits per heavy atom. The van der Waals surface area contributed by atoms with Crippen LogP contribution in [-0.4, -0.2) is 62.8 Å². The van der Waals surface area contributed by atoms with Crippen molar-refractivity contribution in [3.05, 3.63) is 0 Å². The van der Waals surface area contributed by atoms with Gasteiger partial charge >= 0.3 is 0 Å². The number of hydrogen-bond donors (Lipinski definition) is 0. The van der Waals surface area contributed by atoms with Gasteiger partial charge in [-0.25, -0.2) is 0 Å². The van der Waals surface area contributed by atoms with Crippen molar-refractivity contribution in [2.24, 2.45) is 0 Å². The minimum absolute atomic E-state index is 0.0451. The SMILES string of the molecule is CCCCCCCCCC(N(C)C)(N(C)C)N(C)C. The lowest BCUT2D eigenvalue weighted by Crippen LogP contribution is -2.63. The van der Waals surface area contributed by atoms with Gasteiger partial charge in [-0.15, -0.1) is 0 Å². The van der Waals surface area contributed by atoms with E-state index < -0.39 is 0 Å². The molecule has 0 N–H and O–H groups in total. The molecule has 0 bridgehead atoms. The second-order valence-corrected chi connectivity index (χ2v) is 6.33. The normalized spacial score (nSPS) is 12.9. The third-order valence-corrected chi connectivity index (χ3v) is 4.26. The van der Waals surface area contributed by atoms with E-state index >= 15 is 0 Å². The largest absolute Gasteiger partial charge is 0.279 e. The maximum atomic E-state index is 2.34.